The highest BCUT2D eigenvalue weighted by atomic mass is 32.1. The number of carbonyl (C=O) groups is 2. The first kappa shape index (κ1) is 15.8. The fraction of sp³-hybridized carbons (Fsp3) is 0.571. The molecule has 1 aliphatic rings. The highest BCUT2D eigenvalue weighted by Crippen LogP contribution is 2.27. The van der Waals surface area contributed by atoms with Gasteiger partial charge in [-0.3, -0.25) is 9.59 Å². The summed E-state index contributed by atoms with van der Waals surface area (Å²) in [5.74, 6) is -1.11. The van der Waals surface area contributed by atoms with E-state index in [1.54, 1.807) is 23.5 Å². The predicted molar refractivity (Wildman–Crippen MR) is 77.9 cm³/mol. The van der Waals surface area contributed by atoms with Crippen molar-refractivity contribution >= 4 is 23.2 Å². The predicted octanol–water partition coefficient (Wildman–Crippen LogP) is 1.71. The Morgan fingerprint density at radius 1 is 1.52 bits per heavy atom. The number of carboxylic acid groups (broad SMARTS) is 1. The zero-order valence-corrected chi connectivity index (χ0v) is 12.9. The fourth-order valence-corrected chi connectivity index (χ4v) is 3.23. The van der Waals surface area contributed by atoms with Crippen LogP contribution in [-0.2, 0) is 9.53 Å². The zero-order valence-electron chi connectivity index (χ0n) is 12.1. The lowest BCUT2D eigenvalue weighted by Crippen LogP contribution is -2.46. The van der Waals surface area contributed by atoms with Gasteiger partial charge in [-0.15, -0.1) is 11.3 Å². The molecule has 1 aromatic rings. The molecule has 7 heteroatoms. The SMILES string of the molecule is CCCN(C(=O)c1cc(OC)cs1)C1COCC1C(=O)O. The number of rotatable bonds is 6. The Balaban J connectivity index is 2.21. The number of thiophene rings is 1. The number of carboxylic acids is 1. The highest BCUT2D eigenvalue weighted by molar-refractivity contribution is 7.12. The Hall–Kier alpha value is -1.60. The van der Waals surface area contributed by atoms with Gasteiger partial charge in [-0.25, -0.2) is 0 Å². The van der Waals surface area contributed by atoms with Crippen LogP contribution in [0.25, 0.3) is 0 Å². The minimum atomic E-state index is -0.921. The molecular weight excluding hydrogens is 294 g/mol. The molecule has 1 aliphatic heterocycles. The Bertz CT molecular complexity index is 515. The number of amides is 1. The second-order valence-electron chi connectivity index (χ2n) is 4.90. The Morgan fingerprint density at radius 2 is 2.29 bits per heavy atom. The molecule has 2 unspecified atom stereocenters. The normalized spacial score (nSPS) is 21.2. The topological polar surface area (TPSA) is 76.1 Å². The quantitative estimate of drug-likeness (QED) is 0.865. The summed E-state index contributed by atoms with van der Waals surface area (Å²) >= 11 is 1.30. The largest absolute Gasteiger partial charge is 0.496 e. The van der Waals surface area contributed by atoms with Crippen LogP contribution < -0.4 is 4.74 Å². The molecule has 0 aliphatic carbocycles. The van der Waals surface area contributed by atoms with Crippen molar-refractivity contribution in [1.29, 1.82) is 0 Å². The summed E-state index contributed by atoms with van der Waals surface area (Å²) in [5, 5.41) is 11.0. The van der Waals surface area contributed by atoms with Gasteiger partial charge in [-0.2, -0.15) is 0 Å². The van der Waals surface area contributed by atoms with Crippen LogP contribution in [0.3, 0.4) is 0 Å². The standard InChI is InChI=1S/C14H19NO5S/c1-3-4-15(11-7-20-6-10(11)14(17)18)13(16)12-5-9(19-2)8-21-12/h5,8,10-11H,3-4,6-7H2,1-2H3,(H,17,18). The maximum Gasteiger partial charge on any atom is 0.311 e. The van der Waals surface area contributed by atoms with Crippen LogP contribution in [0.15, 0.2) is 11.4 Å². The summed E-state index contributed by atoms with van der Waals surface area (Å²) < 4.78 is 10.4. The second-order valence-corrected chi connectivity index (χ2v) is 5.81. The molecule has 1 aromatic heterocycles. The van der Waals surface area contributed by atoms with E-state index in [4.69, 9.17) is 9.47 Å². The van der Waals surface area contributed by atoms with Crippen molar-refractivity contribution in [2.75, 3.05) is 26.9 Å². The van der Waals surface area contributed by atoms with Crippen LogP contribution in [0.4, 0.5) is 0 Å². The molecular formula is C14H19NO5S. The van der Waals surface area contributed by atoms with Crippen molar-refractivity contribution in [1.82, 2.24) is 4.90 Å². The molecule has 1 saturated heterocycles. The second kappa shape index (κ2) is 6.91. The summed E-state index contributed by atoms with van der Waals surface area (Å²) in [6.45, 7) is 2.89. The van der Waals surface area contributed by atoms with E-state index in [1.807, 2.05) is 6.92 Å². The van der Waals surface area contributed by atoms with Crippen molar-refractivity contribution in [3.63, 3.8) is 0 Å². The van der Waals surface area contributed by atoms with Gasteiger partial charge < -0.3 is 19.5 Å². The molecule has 116 valence electrons. The lowest BCUT2D eigenvalue weighted by Gasteiger charge is -2.29. The minimum Gasteiger partial charge on any atom is -0.496 e. The van der Waals surface area contributed by atoms with Crippen molar-refractivity contribution < 1.29 is 24.2 Å². The Morgan fingerprint density at radius 3 is 2.86 bits per heavy atom. The molecule has 0 aromatic carbocycles. The molecule has 0 bridgehead atoms. The minimum absolute atomic E-state index is 0.154. The maximum atomic E-state index is 12.7. The number of nitrogens with zero attached hydrogens (tertiary/aromatic N) is 1. The molecule has 1 fully saturated rings. The van der Waals surface area contributed by atoms with E-state index in [0.717, 1.165) is 6.42 Å². The van der Waals surface area contributed by atoms with Crippen molar-refractivity contribution in [2.24, 2.45) is 5.92 Å². The van der Waals surface area contributed by atoms with Gasteiger partial charge in [0, 0.05) is 18.0 Å². The highest BCUT2D eigenvalue weighted by Gasteiger charge is 2.40. The van der Waals surface area contributed by atoms with Gasteiger partial charge in [0.2, 0.25) is 0 Å². The molecule has 0 radical (unpaired) electrons. The Labute approximate surface area is 127 Å². The molecule has 0 spiro atoms. The van der Waals surface area contributed by atoms with Gasteiger partial charge in [0.15, 0.2) is 0 Å². The number of carbonyl (C=O) groups excluding carboxylic acids is 1. The third-order valence-corrected chi connectivity index (χ3v) is 4.41. The number of ether oxygens (including phenoxy) is 2. The monoisotopic (exact) mass is 313 g/mol. The van der Waals surface area contributed by atoms with E-state index in [-0.39, 0.29) is 19.1 Å². The number of hydrogen-bond acceptors (Lipinski definition) is 5. The van der Waals surface area contributed by atoms with Gasteiger partial charge in [-0.1, -0.05) is 6.92 Å². The van der Waals surface area contributed by atoms with Crippen LogP contribution in [0.2, 0.25) is 0 Å². The summed E-state index contributed by atoms with van der Waals surface area (Å²) in [6, 6.07) is 1.27. The Kier molecular flexibility index (Phi) is 5.19. The van der Waals surface area contributed by atoms with Gasteiger partial charge in [0.1, 0.15) is 11.7 Å². The van der Waals surface area contributed by atoms with Crippen LogP contribution in [0, 0.1) is 5.92 Å². The summed E-state index contributed by atoms with van der Waals surface area (Å²) in [4.78, 5) is 26.1. The third kappa shape index (κ3) is 3.36. The van der Waals surface area contributed by atoms with Crippen molar-refractivity contribution in [2.45, 2.75) is 19.4 Å². The molecule has 21 heavy (non-hydrogen) atoms. The smallest absolute Gasteiger partial charge is 0.311 e. The van der Waals surface area contributed by atoms with Crippen LogP contribution in [-0.4, -0.2) is 54.8 Å². The van der Waals surface area contributed by atoms with E-state index in [0.29, 0.717) is 17.2 Å². The van der Waals surface area contributed by atoms with Crippen LogP contribution in [0.1, 0.15) is 23.0 Å². The van der Waals surface area contributed by atoms with Crippen molar-refractivity contribution in [3.8, 4) is 5.75 Å². The van der Waals surface area contributed by atoms with E-state index in [1.165, 1.54) is 11.3 Å². The first-order valence-corrected chi connectivity index (χ1v) is 7.70. The molecule has 0 saturated carbocycles. The van der Waals surface area contributed by atoms with Gasteiger partial charge in [-0.05, 0) is 6.42 Å². The number of methoxy groups -OCH3 is 1. The van der Waals surface area contributed by atoms with E-state index in [9.17, 15) is 14.7 Å². The van der Waals surface area contributed by atoms with Crippen molar-refractivity contribution in [3.05, 3.63) is 16.3 Å². The molecule has 1 amide bonds. The van der Waals surface area contributed by atoms with E-state index >= 15 is 0 Å². The summed E-state index contributed by atoms with van der Waals surface area (Å²) in [5.41, 5.74) is 0. The van der Waals surface area contributed by atoms with Gasteiger partial charge in [0.05, 0.1) is 31.2 Å². The number of hydrogen-bond donors (Lipinski definition) is 1. The maximum absolute atomic E-state index is 12.7. The van der Waals surface area contributed by atoms with Gasteiger partial charge >= 0.3 is 5.97 Å². The average Bonchev–Trinajstić information content (AvgIpc) is 3.12. The molecule has 6 nitrogen and oxygen atoms in total. The molecule has 2 rings (SSSR count). The third-order valence-electron chi connectivity index (χ3n) is 3.52. The lowest BCUT2D eigenvalue weighted by atomic mass is 10.0. The molecule has 2 atom stereocenters. The number of aliphatic carboxylic acids is 1. The fourth-order valence-electron chi connectivity index (χ4n) is 2.42. The zero-order chi connectivity index (χ0) is 15.4. The molecule has 1 N–H and O–H groups in total. The van der Waals surface area contributed by atoms with E-state index in [2.05, 4.69) is 0 Å². The van der Waals surface area contributed by atoms with E-state index < -0.39 is 17.9 Å². The lowest BCUT2D eigenvalue weighted by molar-refractivity contribution is -0.142. The van der Waals surface area contributed by atoms with Gasteiger partial charge in [0.25, 0.3) is 5.91 Å². The average molecular weight is 313 g/mol. The van der Waals surface area contributed by atoms with Crippen LogP contribution >= 0.6 is 11.3 Å². The first-order valence-electron chi connectivity index (χ1n) is 6.82. The molecule has 2 heterocycles. The summed E-state index contributed by atoms with van der Waals surface area (Å²) in [7, 11) is 1.55. The summed E-state index contributed by atoms with van der Waals surface area (Å²) in [6.07, 6.45) is 0.761. The first-order chi connectivity index (χ1) is 10.1. The van der Waals surface area contributed by atoms with Crippen LogP contribution in [0.5, 0.6) is 5.75 Å².